The smallest absolute Gasteiger partial charge is 0.464 e. The zero-order valence-electron chi connectivity index (χ0n) is 52.9. The number of ether oxygens (including phenoxy) is 6. The topological polar surface area (TPSA) is 248 Å². The number of carbonyl (C=O) groups is 2. The summed E-state index contributed by atoms with van der Waals surface area (Å²) in [5, 5.41) is 1.48. The molecule has 0 spiro atoms. The van der Waals surface area contributed by atoms with Crippen molar-refractivity contribution in [2.45, 2.75) is 145 Å². The van der Waals surface area contributed by atoms with Crippen LogP contribution in [0.25, 0.3) is 33.2 Å². The number of hydrogen-bond acceptors (Lipinski definition) is 18. The molecule has 7 heterocycles. The lowest BCUT2D eigenvalue weighted by atomic mass is 9.76. The molecule has 0 aliphatic carbocycles. The van der Waals surface area contributed by atoms with Crippen LogP contribution in [0.3, 0.4) is 0 Å². The van der Waals surface area contributed by atoms with Crippen LogP contribution in [0.2, 0.25) is 51.4 Å². The molecule has 88 heavy (non-hydrogen) atoms. The second-order valence-electron chi connectivity index (χ2n) is 24.7. The molecular weight excluding hydrogens is 1230 g/mol. The van der Waals surface area contributed by atoms with Gasteiger partial charge in [-0.1, -0.05) is 45.3 Å². The number of halogens is 1. The van der Waals surface area contributed by atoms with Gasteiger partial charge in [0.1, 0.15) is 49.3 Å². The summed E-state index contributed by atoms with van der Waals surface area (Å²) in [6.07, 6.45) is 6.35. The summed E-state index contributed by atoms with van der Waals surface area (Å²) in [5.74, 6) is 0.947. The SMILES string of the molecule is CC(=O)OCc1cc(Oc2nccc3occc23)ccc1-c1c(C)c(=O)n(COCC[Si](C)(C)C)c(=O)n1C.CC(=O)OCc1cc(Oc2nccc3occc23)ccc1B1OC(C)(C)C(C)(C)O1.Cc1c(Br)n(C)c(=O)n(COCC[Si](C)(C)C)c1=O. The maximum absolute atomic E-state index is 13.3. The molecule has 22 nitrogen and oxygen atoms in total. The summed E-state index contributed by atoms with van der Waals surface area (Å²) in [6, 6.07) is 19.7. The van der Waals surface area contributed by atoms with Crippen molar-refractivity contribution in [3.05, 3.63) is 154 Å². The third-order valence-corrected chi connectivity index (χ3v) is 19.4. The fourth-order valence-electron chi connectivity index (χ4n) is 8.93. The number of carbonyl (C=O) groups excluding carboxylic acids is 2. The van der Waals surface area contributed by atoms with E-state index in [4.69, 9.17) is 46.6 Å². The second-order valence-corrected chi connectivity index (χ2v) is 36.7. The van der Waals surface area contributed by atoms with E-state index < -0.39 is 51.7 Å². The number of furan rings is 2. The van der Waals surface area contributed by atoms with E-state index in [0.717, 1.165) is 37.6 Å². The van der Waals surface area contributed by atoms with Gasteiger partial charge >= 0.3 is 30.4 Å². The van der Waals surface area contributed by atoms with E-state index in [1.165, 1.54) is 23.0 Å². The number of rotatable bonds is 20. The maximum atomic E-state index is 13.3. The highest BCUT2D eigenvalue weighted by molar-refractivity contribution is 9.10. The van der Waals surface area contributed by atoms with Gasteiger partial charge in [-0.15, -0.1) is 0 Å². The van der Waals surface area contributed by atoms with Gasteiger partial charge in [-0.25, -0.2) is 28.7 Å². The molecule has 1 aliphatic heterocycles. The number of esters is 2. The third-order valence-electron chi connectivity index (χ3n) is 14.8. The molecular formula is C62H78BBrN6O16Si2. The third kappa shape index (κ3) is 16.8. The van der Waals surface area contributed by atoms with E-state index in [2.05, 4.69) is 65.2 Å². The minimum absolute atomic E-state index is 0.0180. The fraction of sp³-hybridized carbons (Fsp3) is 0.419. The minimum Gasteiger partial charge on any atom is -0.464 e. The summed E-state index contributed by atoms with van der Waals surface area (Å²) in [4.78, 5) is 82.1. The van der Waals surface area contributed by atoms with E-state index in [1.807, 2.05) is 45.9 Å². The van der Waals surface area contributed by atoms with Gasteiger partial charge in [0.05, 0.1) is 44.8 Å². The monoisotopic (exact) mass is 1310 g/mol. The molecule has 9 rings (SSSR count). The van der Waals surface area contributed by atoms with Crippen LogP contribution in [0.5, 0.6) is 23.3 Å². The van der Waals surface area contributed by atoms with Gasteiger partial charge in [-0.2, -0.15) is 0 Å². The molecule has 0 saturated carbocycles. The highest BCUT2D eigenvalue weighted by Crippen LogP contribution is 2.38. The quantitative estimate of drug-likeness (QED) is 0.0298. The molecule has 0 atom stereocenters. The Morgan fingerprint density at radius 1 is 0.614 bits per heavy atom. The number of benzene rings is 2. The molecule has 26 heteroatoms. The van der Waals surface area contributed by atoms with Crippen LogP contribution in [0.1, 0.15) is 63.8 Å². The molecule has 8 aromatic rings. The van der Waals surface area contributed by atoms with Crippen molar-refractivity contribution >= 4 is 78.5 Å². The summed E-state index contributed by atoms with van der Waals surface area (Å²) < 4.78 is 62.5. The molecule has 1 aliphatic rings. The zero-order chi connectivity index (χ0) is 64.6. The Labute approximate surface area is 520 Å². The zero-order valence-corrected chi connectivity index (χ0v) is 56.5. The van der Waals surface area contributed by atoms with Gasteiger partial charge in [-0.3, -0.25) is 28.3 Å². The van der Waals surface area contributed by atoms with Gasteiger partial charge in [0.15, 0.2) is 0 Å². The Kier molecular flexibility index (Phi) is 21.9. The van der Waals surface area contributed by atoms with Crippen molar-refractivity contribution < 1.29 is 56.2 Å². The predicted octanol–water partition coefficient (Wildman–Crippen LogP) is 10.7. The summed E-state index contributed by atoms with van der Waals surface area (Å²) in [6.45, 7) is 28.5. The molecule has 470 valence electrons. The van der Waals surface area contributed by atoms with Crippen LogP contribution in [0, 0.1) is 13.8 Å². The predicted molar refractivity (Wildman–Crippen MR) is 344 cm³/mol. The van der Waals surface area contributed by atoms with Gasteiger partial charge in [0.25, 0.3) is 11.1 Å². The fourth-order valence-corrected chi connectivity index (χ4v) is 10.8. The maximum Gasteiger partial charge on any atom is 0.495 e. The standard InChI is InChI=1S/C28H33N3O7Si.C22H24BNO6.C12H21BrN2O3Si/c1-18-25(30(3)28(34)31(27(18)33)17-35-13-14-39(4,5)6)22-8-7-21(15-20(22)16-37-19(2)32)38-26-23-10-12-36-24(23)9-11-29-26;1-14(25)27-13-15-12-16(28-20-17-9-11-26-19(17)8-10-24-20)6-7-18(15)23-29-21(2,3)22(4,5)30-23;1-9-10(13)14(2)12(17)15(11(9)16)8-18-6-7-19(3,4)5/h7-12,15H,13-14,16-17H2,1-6H3;6-12H,13H2,1-5H3;6-8H2,1-5H3. The number of pyridine rings is 2. The number of aromatic nitrogens is 6. The molecule has 0 N–H and O–H groups in total. The molecule has 6 aromatic heterocycles. The molecule has 1 saturated heterocycles. The second kappa shape index (κ2) is 28.4. The Hall–Kier alpha value is -7.46. The highest BCUT2D eigenvalue weighted by atomic mass is 79.9. The van der Waals surface area contributed by atoms with Crippen molar-refractivity contribution in [2.75, 3.05) is 13.2 Å². The van der Waals surface area contributed by atoms with Crippen LogP contribution >= 0.6 is 15.9 Å². The Balaban J connectivity index is 0.000000200. The van der Waals surface area contributed by atoms with Crippen LogP contribution in [-0.4, -0.2) is 87.9 Å². The average molecular weight is 1310 g/mol. The lowest BCUT2D eigenvalue weighted by Gasteiger charge is -2.32. The summed E-state index contributed by atoms with van der Waals surface area (Å²) in [5.41, 5.74) is 2.72. The van der Waals surface area contributed by atoms with E-state index >= 15 is 0 Å². The van der Waals surface area contributed by atoms with Crippen molar-refractivity contribution in [1.29, 1.82) is 0 Å². The number of hydrogen-bond donors (Lipinski definition) is 0. The van der Waals surface area contributed by atoms with Crippen LogP contribution in [0.4, 0.5) is 0 Å². The first-order valence-electron chi connectivity index (χ1n) is 28.6. The molecule has 1 fully saturated rings. The normalized spacial score (nSPS) is 13.6. The van der Waals surface area contributed by atoms with Gasteiger partial charge in [-0.05, 0) is 135 Å². The largest absolute Gasteiger partial charge is 0.495 e. The van der Waals surface area contributed by atoms with E-state index in [0.29, 0.717) is 85.6 Å². The van der Waals surface area contributed by atoms with E-state index in [9.17, 15) is 28.8 Å². The van der Waals surface area contributed by atoms with Gasteiger partial charge < -0.3 is 46.6 Å². The van der Waals surface area contributed by atoms with Crippen LogP contribution in [-0.2, 0) is 78.6 Å². The van der Waals surface area contributed by atoms with Crippen LogP contribution < -0.4 is 37.4 Å². The lowest BCUT2D eigenvalue weighted by Crippen LogP contribution is -2.42. The molecule has 0 bridgehead atoms. The van der Waals surface area contributed by atoms with Crippen molar-refractivity contribution in [3.8, 4) is 34.5 Å². The summed E-state index contributed by atoms with van der Waals surface area (Å²) in [7, 11) is 0.181. The summed E-state index contributed by atoms with van der Waals surface area (Å²) >= 11 is 3.24. The van der Waals surface area contributed by atoms with E-state index in [1.54, 1.807) is 95.3 Å². The lowest BCUT2D eigenvalue weighted by molar-refractivity contribution is -0.143. The Morgan fingerprint density at radius 2 is 1.06 bits per heavy atom. The average Bonchev–Trinajstić information content (AvgIpc) is 1.21. The number of nitrogens with zero attached hydrogens (tertiary/aromatic N) is 6. The Morgan fingerprint density at radius 3 is 1.53 bits per heavy atom. The van der Waals surface area contributed by atoms with Crippen molar-refractivity contribution in [2.24, 2.45) is 14.1 Å². The first-order valence-corrected chi connectivity index (χ1v) is 36.8. The molecule has 0 amide bonds. The molecule has 2 aromatic carbocycles. The minimum atomic E-state index is -1.31. The molecule has 0 unspecified atom stereocenters. The first kappa shape index (κ1) is 68.0. The van der Waals surface area contributed by atoms with Crippen molar-refractivity contribution in [3.63, 3.8) is 0 Å². The molecule has 0 radical (unpaired) electrons. The van der Waals surface area contributed by atoms with E-state index in [-0.39, 0.29) is 43.9 Å². The Bertz CT molecular complexity index is 3990. The van der Waals surface area contributed by atoms with Gasteiger partial charge in [0.2, 0.25) is 11.8 Å². The van der Waals surface area contributed by atoms with Crippen molar-refractivity contribution in [1.82, 2.24) is 28.2 Å². The number of fused-ring (bicyclic) bond motifs is 2. The van der Waals surface area contributed by atoms with Gasteiger partial charge in [0, 0.05) is 92.0 Å². The first-order chi connectivity index (χ1) is 41.3. The highest BCUT2D eigenvalue weighted by Gasteiger charge is 2.52. The van der Waals surface area contributed by atoms with Crippen LogP contribution in [0.15, 0.2) is 118 Å².